The third-order valence-corrected chi connectivity index (χ3v) is 5.97. The number of rotatable bonds is 3. The molecular weight excluding hydrogens is 394 g/mol. The first-order valence-electron chi connectivity index (χ1n) is 10.5. The van der Waals surface area contributed by atoms with Crippen molar-refractivity contribution in [3.8, 4) is 0 Å². The minimum absolute atomic E-state index is 0. The van der Waals surface area contributed by atoms with E-state index >= 15 is 0 Å². The molecule has 0 bridgehead atoms. The van der Waals surface area contributed by atoms with Crippen LogP contribution in [0.5, 0.6) is 0 Å². The Kier molecular flexibility index (Phi) is 7.31. The van der Waals surface area contributed by atoms with Crippen molar-refractivity contribution < 1.29 is 19.1 Å². The molecule has 7 nitrogen and oxygen atoms in total. The Labute approximate surface area is 181 Å². The Bertz CT molecular complexity index is 619. The van der Waals surface area contributed by atoms with Crippen LogP contribution < -0.4 is 5.32 Å². The minimum atomic E-state index is -0.657. The van der Waals surface area contributed by atoms with Gasteiger partial charge in [-0.25, -0.2) is 0 Å². The van der Waals surface area contributed by atoms with Crippen LogP contribution in [0.4, 0.5) is 0 Å². The molecule has 0 saturated carbocycles. The van der Waals surface area contributed by atoms with Gasteiger partial charge in [0.05, 0.1) is 28.8 Å². The molecule has 0 aromatic heterocycles. The quantitative estimate of drug-likeness (QED) is 0.738. The topological polar surface area (TPSA) is 71.1 Å². The summed E-state index contributed by atoms with van der Waals surface area (Å²) in [7, 11) is 0. The van der Waals surface area contributed by atoms with E-state index in [1.54, 1.807) is 0 Å². The summed E-state index contributed by atoms with van der Waals surface area (Å²) in [5.41, 5.74) is -1.38. The van der Waals surface area contributed by atoms with Gasteiger partial charge in [-0.05, 0) is 54.5 Å². The summed E-state index contributed by atoms with van der Waals surface area (Å²) >= 11 is 0. The van der Waals surface area contributed by atoms with Crippen LogP contribution in [-0.2, 0) is 19.1 Å². The number of nitrogens with zero attached hydrogens (tertiary/aromatic N) is 2. The van der Waals surface area contributed by atoms with Gasteiger partial charge in [-0.3, -0.25) is 9.59 Å². The van der Waals surface area contributed by atoms with Crippen LogP contribution in [-0.4, -0.2) is 84.3 Å². The molecule has 29 heavy (non-hydrogen) atoms. The van der Waals surface area contributed by atoms with Gasteiger partial charge in [0.1, 0.15) is 0 Å². The van der Waals surface area contributed by atoms with Crippen molar-refractivity contribution in [2.75, 3.05) is 39.3 Å². The highest BCUT2D eigenvalue weighted by Gasteiger charge is 2.48. The van der Waals surface area contributed by atoms with Crippen molar-refractivity contribution in [3.05, 3.63) is 0 Å². The van der Waals surface area contributed by atoms with Crippen LogP contribution in [0.1, 0.15) is 54.4 Å². The molecule has 3 unspecified atom stereocenters. The molecule has 0 spiro atoms. The predicted octanol–water partition coefficient (Wildman–Crippen LogP) is 1.83. The summed E-state index contributed by atoms with van der Waals surface area (Å²) in [5.74, 6) is 0.149. The van der Waals surface area contributed by atoms with Crippen LogP contribution in [0.15, 0.2) is 0 Å². The number of carbonyl (C=O) groups excluding carboxylic acids is 2. The van der Waals surface area contributed by atoms with Crippen molar-refractivity contribution in [3.63, 3.8) is 0 Å². The van der Waals surface area contributed by atoms with Crippen molar-refractivity contribution in [2.45, 2.75) is 77.8 Å². The lowest BCUT2D eigenvalue weighted by atomic mass is 9.80. The number of ether oxygens (including phenoxy) is 2. The van der Waals surface area contributed by atoms with Gasteiger partial charge in [0.2, 0.25) is 11.8 Å². The third kappa shape index (κ3) is 5.63. The fraction of sp³-hybridized carbons (Fsp3) is 0.905. The molecule has 3 heterocycles. The second-order valence-corrected chi connectivity index (χ2v) is 10.2. The maximum absolute atomic E-state index is 13.6. The lowest BCUT2D eigenvalue weighted by Gasteiger charge is -2.45. The standard InChI is InChI=1S/C21H37N3O4.ClH/c1-15-10-23(13-19(3,4)27-15)17(25)9-21(7-8-22-12-21)18(26)24-11-16(2)28-20(5,6)14-24;/h15-16,22H,7-14H2,1-6H3;1H. The molecule has 3 aliphatic heterocycles. The van der Waals surface area contributed by atoms with Crippen LogP contribution in [0.3, 0.4) is 0 Å². The van der Waals surface area contributed by atoms with Crippen molar-refractivity contribution in [1.82, 2.24) is 15.1 Å². The summed E-state index contributed by atoms with van der Waals surface area (Å²) in [6.07, 6.45) is 0.957. The first-order chi connectivity index (χ1) is 12.9. The van der Waals surface area contributed by atoms with E-state index in [9.17, 15) is 9.59 Å². The monoisotopic (exact) mass is 431 g/mol. The lowest BCUT2D eigenvalue weighted by molar-refractivity contribution is -0.171. The molecular formula is C21H38ClN3O4. The summed E-state index contributed by atoms with van der Waals surface area (Å²) in [6, 6.07) is 0. The average molecular weight is 432 g/mol. The number of amides is 2. The fourth-order valence-corrected chi connectivity index (χ4v) is 5.14. The maximum Gasteiger partial charge on any atom is 0.230 e. The predicted molar refractivity (Wildman–Crippen MR) is 114 cm³/mol. The van der Waals surface area contributed by atoms with Crippen LogP contribution in [0.25, 0.3) is 0 Å². The number of halogens is 1. The Morgan fingerprint density at radius 1 is 0.966 bits per heavy atom. The Morgan fingerprint density at radius 2 is 1.48 bits per heavy atom. The van der Waals surface area contributed by atoms with Gasteiger partial charge >= 0.3 is 0 Å². The minimum Gasteiger partial charge on any atom is -0.369 e. The SMILES string of the molecule is CC1CN(C(=O)CC2(C(=O)N3CC(C)OC(C)(C)C3)CCNC2)CC(C)(C)O1.Cl. The Balaban J connectivity index is 0.00000300. The van der Waals surface area contributed by atoms with Crippen molar-refractivity contribution in [2.24, 2.45) is 5.41 Å². The number of hydrogen-bond donors (Lipinski definition) is 1. The second-order valence-electron chi connectivity index (χ2n) is 10.2. The summed E-state index contributed by atoms with van der Waals surface area (Å²) < 4.78 is 11.9. The summed E-state index contributed by atoms with van der Waals surface area (Å²) in [4.78, 5) is 30.6. The highest BCUT2D eigenvalue weighted by atomic mass is 35.5. The zero-order valence-electron chi connectivity index (χ0n) is 18.7. The zero-order chi connectivity index (χ0) is 20.7. The molecule has 3 saturated heterocycles. The smallest absolute Gasteiger partial charge is 0.230 e. The van der Waals surface area contributed by atoms with Crippen molar-refractivity contribution >= 4 is 24.2 Å². The maximum atomic E-state index is 13.6. The highest BCUT2D eigenvalue weighted by molar-refractivity contribution is 5.90. The Hall–Kier alpha value is -0.890. The van der Waals surface area contributed by atoms with E-state index in [0.29, 0.717) is 39.1 Å². The number of hydrogen-bond acceptors (Lipinski definition) is 5. The Morgan fingerprint density at radius 3 is 1.97 bits per heavy atom. The molecule has 0 aromatic rings. The van der Waals surface area contributed by atoms with Crippen molar-refractivity contribution in [1.29, 1.82) is 0 Å². The van der Waals surface area contributed by atoms with Crippen LogP contribution in [0, 0.1) is 5.41 Å². The molecule has 3 fully saturated rings. The molecule has 0 aromatic carbocycles. The van der Waals surface area contributed by atoms with Gasteiger partial charge in [-0.1, -0.05) is 0 Å². The fourth-order valence-electron chi connectivity index (χ4n) is 5.14. The van der Waals surface area contributed by atoms with Crippen LogP contribution >= 0.6 is 12.4 Å². The number of nitrogens with one attached hydrogen (secondary N) is 1. The molecule has 0 aliphatic carbocycles. The average Bonchev–Trinajstić information content (AvgIpc) is 2.99. The first-order valence-corrected chi connectivity index (χ1v) is 10.5. The molecule has 168 valence electrons. The molecule has 3 atom stereocenters. The van der Waals surface area contributed by atoms with E-state index < -0.39 is 5.41 Å². The normalized spacial score (nSPS) is 33.9. The molecule has 3 rings (SSSR count). The second kappa shape index (κ2) is 8.69. The van der Waals surface area contributed by atoms with Gasteiger partial charge in [0.15, 0.2) is 0 Å². The molecule has 2 amide bonds. The lowest BCUT2D eigenvalue weighted by Crippen LogP contribution is -2.59. The van der Waals surface area contributed by atoms with E-state index in [-0.39, 0.29) is 54.1 Å². The molecule has 8 heteroatoms. The van der Waals surface area contributed by atoms with Gasteiger partial charge in [-0.2, -0.15) is 0 Å². The molecule has 0 radical (unpaired) electrons. The number of morpholine rings is 2. The number of carbonyl (C=O) groups is 2. The van der Waals surface area contributed by atoms with E-state index in [4.69, 9.17) is 9.47 Å². The van der Waals surface area contributed by atoms with Gasteiger partial charge < -0.3 is 24.6 Å². The first kappa shape index (κ1) is 24.4. The summed E-state index contributed by atoms with van der Waals surface area (Å²) in [6.45, 7) is 15.7. The van der Waals surface area contributed by atoms with Gasteiger partial charge in [0, 0.05) is 39.1 Å². The van der Waals surface area contributed by atoms with Gasteiger partial charge in [0.25, 0.3) is 0 Å². The van der Waals surface area contributed by atoms with Crippen LogP contribution in [0.2, 0.25) is 0 Å². The van der Waals surface area contributed by atoms with E-state index in [1.807, 2.05) is 51.3 Å². The van der Waals surface area contributed by atoms with E-state index in [0.717, 1.165) is 6.54 Å². The van der Waals surface area contributed by atoms with Gasteiger partial charge in [-0.15, -0.1) is 12.4 Å². The zero-order valence-corrected chi connectivity index (χ0v) is 19.6. The van der Waals surface area contributed by atoms with E-state index in [1.165, 1.54) is 0 Å². The largest absolute Gasteiger partial charge is 0.369 e. The molecule has 3 aliphatic rings. The summed E-state index contributed by atoms with van der Waals surface area (Å²) in [5, 5.41) is 3.32. The van der Waals surface area contributed by atoms with E-state index in [2.05, 4.69) is 5.32 Å². The molecule has 1 N–H and O–H groups in total. The third-order valence-electron chi connectivity index (χ3n) is 5.97. The highest BCUT2D eigenvalue weighted by Crippen LogP contribution is 2.36.